The van der Waals surface area contributed by atoms with Gasteiger partial charge in [-0.15, -0.1) is 0 Å². The van der Waals surface area contributed by atoms with E-state index in [4.69, 9.17) is 0 Å². The van der Waals surface area contributed by atoms with Crippen molar-refractivity contribution < 1.29 is 19.5 Å². The number of aliphatic carboxylic acids is 1. The van der Waals surface area contributed by atoms with E-state index < -0.39 is 17.4 Å². The predicted molar refractivity (Wildman–Crippen MR) is 77.9 cm³/mol. The number of imide groups is 1. The van der Waals surface area contributed by atoms with Crippen molar-refractivity contribution in [2.24, 2.45) is 5.41 Å². The van der Waals surface area contributed by atoms with Crippen LogP contribution < -0.4 is 10.6 Å². The summed E-state index contributed by atoms with van der Waals surface area (Å²) in [6, 6.07) is -0.508. The quantitative estimate of drug-likeness (QED) is 0.674. The van der Waals surface area contributed by atoms with Gasteiger partial charge in [0.15, 0.2) is 0 Å². The van der Waals surface area contributed by atoms with Crippen LogP contribution in [-0.2, 0) is 9.59 Å². The maximum absolute atomic E-state index is 11.5. The molecule has 0 radical (unpaired) electrons. The Morgan fingerprint density at radius 2 is 1.86 bits per heavy atom. The molecule has 0 spiro atoms. The summed E-state index contributed by atoms with van der Waals surface area (Å²) >= 11 is 0. The molecule has 0 saturated carbocycles. The van der Waals surface area contributed by atoms with Gasteiger partial charge in [0.1, 0.15) is 0 Å². The number of carbonyl (C=O) groups excluding carboxylic acids is 2. The normalized spacial score (nSPS) is 18.0. The van der Waals surface area contributed by atoms with Gasteiger partial charge in [-0.1, -0.05) is 13.3 Å². The molecular formula is C14H25N3O4. The van der Waals surface area contributed by atoms with Crippen LogP contribution in [0.25, 0.3) is 0 Å². The van der Waals surface area contributed by atoms with E-state index in [1.807, 2.05) is 6.92 Å². The average Bonchev–Trinajstić information content (AvgIpc) is 2.46. The van der Waals surface area contributed by atoms with Crippen molar-refractivity contribution in [1.82, 2.24) is 15.5 Å². The second-order valence-electron chi connectivity index (χ2n) is 5.55. The van der Waals surface area contributed by atoms with Crippen molar-refractivity contribution in [2.45, 2.75) is 39.0 Å². The molecule has 1 aliphatic heterocycles. The molecule has 0 aromatic rings. The Labute approximate surface area is 125 Å². The van der Waals surface area contributed by atoms with E-state index in [-0.39, 0.29) is 12.3 Å². The Morgan fingerprint density at radius 1 is 1.24 bits per heavy atom. The van der Waals surface area contributed by atoms with Crippen LogP contribution >= 0.6 is 0 Å². The minimum Gasteiger partial charge on any atom is -0.481 e. The number of likely N-dealkylation sites (tertiary alicyclic amines) is 1. The predicted octanol–water partition coefficient (Wildman–Crippen LogP) is 0.799. The number of carboxylic acids is 1. The van der Waals surface area contributed by atoms with Crippen molar-refractivity contribution in [3.63, 3.8) is 0 Å². The monoisotopic (exact) mass is 299 g/mol. The van der Waals surface area contributed by atoms with Crippen LogP contribution in [0, 0.1) is 5.41 Å². The van der Waals surface area contributed by atoms with Crippen LogP contribution in [-0.4, -0.2) is 54.6 Å². The molecule has 3 N–H and O–H groups in total. The number of rotatable bonds is 6. The molecule has 3 amide bonds. The third-order valence-electron chi connectivity index (χ3n) is 4.13. The third-order valence-corrected chi connectivity index (χ3v) is 4.13. The first-order valence-electron chi connectivity index (χ1n) is 7.41. The van der Waals surface area contributed by atoms with Crippen molar-refractivity contribution >= 4 is 17.9 Å². The largest absolute Gasteiger partial charge is 0.481 e. The molecule has 0 aromatic heterocycles. The lowest BCUT2D eigenvalue weighted by Crippen LogP contribution is -2.45. The highest BCUT2D eigenvalue weighted by molar-refractivity contribution is 5.94. The van der Waals surface area contributed by atoms with Crippen LogP contribution in [0.4, 0.5) is 4.79 Å². The van der Waals surface area contributed by atoms with Gasteiger partial charge in [0, 0.05) is 20.0 Å². The first-order valence-corrected chi connectivity index (χ1v) is 7.41. The zero-order valence-corrected chi connectivity index (χ0v) is 12.8. The fourth-order valence-electron chi connectivity index (χ4n) is 2.77. The standard InChI is InChI=1S/C14H25N3O4/c1-3-5-14(12(19)20)6-9-17(10-7-14)8-4-11(18)16-13(21)15-2/h3-10H2,1-2H3,(H,19,20)(H2,15,16,18,21). The summed E-state index contributed by atoms with van der Waals surface area (Å²) in [7, 11) is 1.45. The molecule has 0 atom stereocenters. The molecule has 1 aliphatic rings. The number of nitrogens with zero attached hydrogens (tertiary/aromatic N) is 1. The molecule has 21 heavy (non-hydrogen) atoms. The molecule has 7 nitrogen and oxygen atoms in total. The fraction of sp³-hybridized carbons (Fsp3) is 0.786. The van der Waals surface area contributed by atoms with Gasteiger partial charge in [-0.25, -0.2) is 4.79 Å². The lowest BCUT2D eigenvalue weighted by atomic mass is 9.75. The summed E-state index contributed by atoms with van der Waals surface area (Å²) in [5, 5.41) is 14.0. The van der Waals surface area contributed by atoms with E-state index in [0.717, 1.165) is 6.42 Å². The Hall–Kier alpha value is -1.63. The minimum absolute atomic E-state index is 0.237. The fourth-order valence-corrected chi connectivity index (χ4v) is 2.77. The smallest absolute Gasteiger partial charge is 0.321 e. The molecule has 0 aliphatic carbocycles. The van der Waals surface area contributed by atoms with Gasteiger partial charge in [0.2, 0.25) is 5.91 Å². The van der Waals surface area contributed by atoms with E-state index in [0.29, 0.717) is 38.9 Å². The molecule has 0 unspecified atom stereocenters. The molecule has 7 heteroatoms. The Morgan fingerprint density at radius 3 is 2.33 bits per heavy atom. The van der Waals surface area contributed by atoms with Gasteiger partial charge < -0.3 is 15.3 Å². The molecule has 1 heterocycles. The van der Waals surface area contributed by atoms with E-state index >= 15 is 0 Å². The highest BCUT2D eigenvalue weighted by Crippen LogP contribution is 2.36. The molecular weight excluding hydrogens is 274 g/mol. The van der Waals surface area contributed by atoms with E-state index in [1.165, 1.54) is 7.05 Å². The minimum atomic E-state index is -0.707. The van der Waals surface area contributed by atoms with Gasteiger partial charge in [-0.3, -0.25) is 14.9 Å². The Kier molecular flexibility index (Phi) is 6.61. The Balaban J connectivity index is 2.37. The highest BCUT2D eigenvalue weighted by atomic mass is 16.4. The number of urea groups is 1. The summed E-state index contributed by atoms with van der Waals surface area (Å²) in [6.07, 6.45) is 3.04. The average molecular weight is 299 g/mol. The van der Waals surface area contributed by atoms with Crippen LogP contribution in [0.2, 0.25) is 0 Å². The number of amides is 3. The Bertz CT molecular complexity index is 390. The maximum Gasteiger partial charge on any atom is 0.321 e. The molecule has 1 saturated heterocycles. The van der Waals surface area contributed by atoms with Gasteiger partial charge >= 0.3 is 12.0 Å². The molecule has 120 valence electrons. The lowest BCUT2D eigenvalue weighted by Gasteiger charge is -2.38. The van der Waals surface area contributed by atoms with E-state index in [9.17, 15) is 19.5 Å². The summed E-state index contributed by atoms with van der Waals surface area (Å²) in [5.41, 5.74) is -0.602. The zero-order chi connectivity index (χ0) is 15.9. The van der Waals surface area contributed by atoms with Crippen molar-refractivity contribution in [1.29, 1.82) is 0 Å². The summed E-state index contributed by atoms with van der Waals surface area (Å²) < 4.78 is 0. The SMILES string of the molecule is CCCC1(C(=O)O)CCN(CCC(=O)NC(=O)NC)CC1. The lowest BCUT2D eigenvalue weighted by molar-refractivity contribution is -0.152. The van der Waals surface area contributed by atoms with Gasteiger partial charge in [0.25, 0.3) is 0 Å². The van der Waals surface area contributed by atoms with Crippen LogP contribution in [0.3, 0.4) is 0 Å². The number of hydrogen-bond acceptors (Lipinski definition) is 4. The highest BCUT2D eigenvalue weighted by Gasteiger charge is 2.40. The second kappa shape index (κ2) is 7.97. The summed E-state index contributed by atoms with van der Waals surface area (Å²) in [6.45, 7) is 3.91. The number of carboxylic acid groups (broad SMARTS) is 1. The first kappa shape index (κ1) is 17.4. The summed E-state index contributed by atoms with van der Waals surface area (Å²) in [5.74, 6) is -1.03. The maximum atomic E-state index is 11.5. The molecule has 1 fully saturated rings. The first-order chi connectivity index (χ1) is 9.93. The summed E-state index contributed by atoms with van der Waals surface area (Å²) in [4.78, 5) is 36.0. The van der Waals surface area contributed by atoms with Crippen LogP contribution in [0.5, 0.6) is 0 Å². The number of piperidine rings is 1. The molecule has 1 rings (SSSR count). The van der Waals surface area contributed by atoms with Crippen LogP contribution in [0.15, 0.2) is 0 Å². The van der Waals surface area contributed by atoms with Gasteiger partial charge in [0.05, 0.1) is 5.41 Å². The van der Waals surface area contributed by atoms with E-state index in [2.05, 4.69) is 15.5 Å². The van der Waals surface area contributed by atoms with Gasteiger partial charge in [-0.05, 0) is 32.4 Å². The second-order valence-corrected chi connectivity index (χ2v) is 5.55. The number of hydrogen-bond donors (Lipinski definition) is 3. The molecule has 0 aromatic carbocycles. The van der Waals surface area contributed by atoms with E-state index in [1.54, 1.807) is 0 Å². The van der Waals surface area contributed by atoms with Crippen molar-refractivity contribution in [3.8, 4) is 0 Å². The molecule has 0 bridgehead atoms. The number of nitrogens with one attached hydrogen (secondary N) is 2. The van der Waals surface area contributed by atoms with Crippen molar-refractivity contribution in [3.05, 3.63) is 0 Å². The number of carbonyl (C=O) groups is 3. The van der Waals surface area contributed by atoms with Crippen molar-refractivity contribution in [2.75, 3.05) is 26.7 Å². The van der Waals surface area contributed by atoms with Gasteiger partial charge in [-0.2, -0.15) is 0 Å². The topological polar surface area (TPSA) is 98.7 Å². The zero-order valence-electron chi connectivity index (χ0n) is 12.8. The third kappa shape index (κ3) is 5.00. The van der Waals surface area contributed by atoms with Crippen LogP contribution in [0.1, 0.15) is 39.0 Å².